The first-order valence-electron chi connectivity index (χ1n) is 6.41. The molecule has 18 heavy (non-hydrogen) atoms. The smallest absolute Gasteiger partial charge is 0.133 e. The highest BCUT2D eigenvalue weighted by molar-refractivity contribution is 9.10. The lowest BCUT2D eigenvalue weighted by molar-refractivity contribution is 0.754. The minimum absolute atomic E-state index is 0.543. The van der Waals surface area contributed by atoms with Crippen LogP contribution >= 0.6 is 15.9 Å². The summed E-state index contributed by atoms with van der Waals surface area (Å²) in [5.74, 6) is 1.84. The largest absolute Gasteiger partial charge is 0.352 e. The summed E-state index contributed by atoms with van der Waals surface area (Å²) >= 11 is 3.45. The van der Waals surface area contributed by atoms with E-state index in [-0.39, 0.29) is 0 Å². The molecule has 1 heterocycles. The van der Waals surface area contributed by atoms with Crippen LogP contribution in [-0.4, -0.2) is 22.6 Å². The number of halogens is 1. The van der Waals surface area contributed by atoms with E-state index in [4.69, 9.17) is 5.26 Å². The summed E-state index contributed by atoms with van der Waals surface area (Å²) in [6, 6.07) is 4.73. The van der Waals surface area contributed by atoms with Crippen LogP contribution in [0.2, 0.25) is 0 Å². The fourth-order valence-corrected chi connectivity index (χ4v) is 2.38. The predicted octanol–water partition coefficient (Wildman–Crippen LogP) is 3.07. The van der Waals surface area contributed by atoms with Gasteiger partial charge < -0.3 is 4.90 Å². The minimum atomic E-state index is 0.543. The molecule has 1 fully saturated rings. The maximum Gasteiger partial charge on any atom is 0.133 e. The van der Waals surface area contributed by atoms with Gasteiger partial charge in [0.25, 0.3) is 0 Å². The molecule has 1 aliphatic rings. The molecule has 1 aliphatic carbocycles. The molecule has 0 spiro atoms. The summed E-state index contributed by atoms with van der Waals surface area (Å²) < 4.78 is 0.832. The Morgan fingerprint density at radius 2 is 2.28 bits per heavy atom. The number of aryl methyl sites for hydroxylation is 1. The molecular weight excluding hydrogens is 292 g/mol. The van der Waals surface area contributed by atoms with Crippen molar-refractivity contribution >= 4 is 21.7 Å². The lowest BCUT2D eigenvalue weighted by atomic mass is 10.3. The molecule has 0 radical (unpaired) electrons. The Morgan fingerprint density at radius 1 is 1.50 bits per heavy atom. The topological polar surface area (TPSA) is 52.8 Å². The summed E-state index contributed by atoms with van der Waals surface area (Å²) in [6.45, 7) is 2.88. The van der Waals surface area contributed by atoms with Crippen LogP contribution in [0.25, 0.3) is 0 Å². The van der Waals surface area contributed by atoms with Gasteiger partial charge in [0.05, 0.1) is 12.5 Å². The Morgan fingerprint density at radius 3 is 2.89 bits per heavy atom. The van der Waals surface area contributed by atoms with E-state index in [2.05, 4.69) is 43.8 Å². The SMILES string of the molecule is CCCc1nc(Br)cc(N(CCC#N)C2CC2)n1. The molecule has 4 nitrogen and oxygen atoms in total. The molecule has 0 aliphatic heterocycles. The number of nitriles is 1. The van der Waals surface area contributed by atoms with Gasteiger partial charge in [-0.25, -0.2) is 9.97 Å². The van der Waals surface area contributed by atoms with E-state index in [0.717, 1.165) is 35.6 Å². The van der Waals surface area contributed by atoms with E-state index in [1.54, 1.807) is 0 Å². The van der Waals surface area contributed by atoms with Crippen molar-refractivity contribution in [2.24, 2.45) is 0 Å². The lowest BCUT2D eigenvalue weighted by Gasteiger charge is -2.22. The molecule has 1 saturated carbocycles. The summed E-state index contributed by atoms with van der Waals surface area (Å²) in [7, 11) is 0. The molecule has 1 aromatic rings. The second-order valence-corrected chi connectivity index (χ2v) is 5.36. The molecule has 0 amide bonds. The Labute approximate surface area is 116 Å². The normalized spacial score (nSPS) is 14.3. The molecule has 0 saturated heterocycles. The van der Waals surface area contributed by atoms with Crippen LogP contribution in [0.1, 0.15) is 38.4 Å². The van der Waals surface area contributed by atoms with Crippen LogP contribution in [0.4, 0.5) is 5.82 Å². The fraction of sp³-hybridized carbons (Fsp3) is 0.615. The third kappa shape index (κ3) is 3.42. The van der Waals surface area contributed by atoms with Crippen molar-refractivity contribution in [1.29, 1.82) is 5.26 Å². The van der Waals surface area contributed by atoms with Gasteiger partial charge in [0.1, 0.15) is 16.2 Å². The van der Waals surface area contributed by atoms with Gasteiger partial charge in [-0.3, -0.25) is 0 Å². The number of nitrogens with zero attached hydrogens (tertiary/aromatic N) is 4. The van der Waals surface area contributed by atoms with Crippen molar-refractivity contribution in [2.75, 3.05) is 11.4 Å². The standard InChI is InChI=1S/C13H17BrN4/c1-2-4-12-16-11(14)9-13(17-12)18(8-3-7-15)10-5-6-10/h9-10H,2-6,8H2,1H3. The summed E-state index contributed by atoms with van der Waals surface area (Å²) in [6.07, 6.45) is 4.88. The zero-order valence-electron chi connectivity index (χ0n) is 10.6. The van der Waals surface area contributed by atoms with E-state index >= 15 is 0 Å². The molecule has 0 aromatic carbocycles. The van der Waals surface area contributed by atoms with Crippen molar-refractivity contribution in [3.63, 3.8) is 0 Å². The number of hydrogen-bond acceptors (Lipinski definition) is 4. The van der Waals surface area contributed by atoms with E-state index in [9.17, 15) is 0 Å². The lowest BCUT2D eigenvalue weighted by Crippen LogP contribution is -2.28. The monoisotopic (exact) mass is 308 g/mol. The van der Waals surface area contributed by atoms with Gasteiger partial charge in [-0.15, -0.1) is 0 Å². The highest BCUT2D eigenvalue weighted by atomic mass is 79.9. The van der Waals surface area contributed by atoms with Gasteiger partial charge in [0.15, 0.2) is 0 Å². The zero-order valence-corrected chi connectivity index (χ0v) is 12.2. The molecule has 0 N–H and O–H groups in total. The molecule has 96 valence electrons. The quantitative estimate of drug-likeness (QED) is 0.758. The molecule has 5 heteroatoms. The predicted molar refractivity (Wildman–Crippen MR) is 74.3 cm³/mol. The Hall–Kier alpha value is -1.15. The Kier molecular flexibility index (Phi) is 4.54. The first-order valence-corrected chi connectivity index (χ1v) is 7.21. The highest BCUT2D eigenvalue weighted by Crippen LogP contribution is 2.31. The van der Waals surface area contributed by atoms with Crippen molar-refractivity contribution in [2.45, 2.75) is 45.1 Å². The van der Waals surface area contributed by atoms with Crippen LogP contribution in [0.15, 0.2) is 10.7 Å². The van der Waals surface area contributed by atoms with Gasteiger partial charge in [0.2, 0.25) is 0 Å². The Bertz CT molecular complexity index is 451. The molecule has 2 rings (SSSR count). The average molecular weight is 309 g/mol. The van der Waals surface area contributed by atoms with Crippen molar-refractivity contribution in [1.82, 2.24) is 9.97 Å². The second kappa shape index (κ2) is 6.14. The van der Waals surface area contributed by atoms with Crippen LogP contribution in [0, 0.1) is 11.3 Å². The van der Waals surface area contributed by atoms with Gasteiger partial charge in [-0.1, -0.05) is 6.92 Å². The third-order valence-corrected chi connectivity index (χ3v) is 3.35. The van der Waals surface area contributed by atoms with Crippen molar-refractivity contribution < 1.29 is 0 Å². The van der Waals surface area contributed by atoms with Gasteiger partial charge in [-0.2, -0.15) is 5.26 Å². The summed E-state index contributed by atoms with van der Waals surface area (Å²) in [5.41, 5.74) is 0. The maximum atomic E-state index is 8.74. The Balaban J connectivity index is 2.20. The van der Waals surface area contributed by atoms with Crippen LogP contribution in [-0.2, 0) is 6.42 Å². The summed E-state index contributed by atoms with van der Waals surface area (Å²) in [5, 5.41) is 8.74. The van der Waals surface area contributed by atoms with E-state index in [0.29, 0.717) is 12.5 Å². The zero-order chi connectivity index (χ0) is 13.0. The molecular formula is C13H17BrN4. The van der Waals surface area contributed by atoms with Gasteiger partial charge in [0, 0.05) is 25.1 Å². The van der Waals surface area contributed by atoms with E-state index < -0.39 is 0 Å². The number of rotatable bonds is 6. The first-order chi connectivity index (χ1) is 8.74. The molecule has 1 aromatic heterocycles. The first kappa shape index (κ1) is 13.3. The minimum Gasteiger partial charge on any atom is -0.352 e. The van der Waals surface area contributed by atoms with Crippen LogP contribution in [0.5, 0.6) is 0 Å². The van der Waals surface area contributed by atoms with Gasteiger partial charge in [-0.05, 0) is 35.2 Å². The van der Waals surface area contributed by atoms with Gasteiger partial charge >= 0.3 is 0 Å². The second-order valence-electron chi connectivity index (χ2n) is 4.55. The number of aromatic nitrogens is 2. The van der Waals surface area contributed by atoms with E-state index in [1.807, 2.05) is 6.07 Å². The highest BCUT2D eigenvalue weighted by Gasteiger charge is 2.30. The third-order valence-electron chi connectivity index (χ3n) is 2.95. The van der Waals surface area contributed by atoms with Crippen LogP contribution in [0.3, 0.4) is 0 Å². The molecule has 0 bridgehead atoms. The van der Waals surface area contributed by atoms with E-state index in [1.165, 1.54) is 12.8 Å². The maximum absolute atomic E-state index is 8.74. The number of anilines is 1. The summed E-state index contributed by atoms with van der Waals surface area (Å²) in [4.78, 5) is 11.2. The fourth-order valence-electron chi connectivity index (χ4n) is 1.97. The average Bonchev–Trinajstić information content (AvgIpc) is 3.14. The molecule has 0 atom stereocenters. The van der Waals surface area contributed by atoms with Crippen LogP contribution < -0.4 is 4.90 Å². The van der Waals surface area contributed by atoms with Crippen molar-refractivity contribution in [3.8, 4) is 6.07 Å². The molecule has 0 unspecified atom stereocenters. The number of hydrogen-bond donors (Lipinski definition) is 0. The van der Waals surface area contributed by atoms with Crippen molar-refractivity contribution in [3.05, 3.63) is 16.5 Å².